The zero-order valence-electron chi connectivity index (χ0n) is 11.0. The Kier molecular flexibility index (Phi) is 5.91. The number of amides is 2. The minimum atomic E-state index is -0.262. The van der Waals surface area contributed by atoms with Crippen molar-refractivity contribution >= 4 is 34.9 Å². The second kappa shape index (κ2) is 7.69. The van der Waals surface area contributed by atoms with Crippen molar-refractivity contribution in [2.75, 3.05) is 44.7 Å². The highest BCUT2D eigenvalue weighted by Gasteiger charge is 2.13. The fraction of sp³-hybridized carbons (Fsp3) is 0.462. The zero-order chi connectivity index (χ0) is 14.4. The molecule has 7 heteroatoms. The molecular weight excluding hydrogens is 301 g/mol. The lowest BCUT2D eigenvalue weighted by Gasteiger charge is -2.23. The third-order valence-electron chi connectivity index (χ3n) is 3.14. The van der Waals surface area contributed by atoms with Crippen LogP contribution in [0.3, 0.4) is 0 Å². The summed E-state index contributed by atoms with van der Waals surface area (Å²) >= 11 is 11.8. The molecule has 3 N–H and O–H groups in total. The molecule has 1 aromatic rings. The highest BCUT2D eigenvalue weighted by Crippen LogP contribution is 2.25. The van der Waals surface area contributed by atoms with Crippen molar-refractivity contribution in [2.24, 2.45) is 0 Å². The van der Waals surface area contributed by atoms with Crippen LogP contribution in [0.5, 0.6) is 0 Å². The first-order valence-electron chi connectivity index (χ1n) is 6.56. The fourth-order valence-corrected chi connectivity index (χ4v) is 2.48. The van der Waals surface area contributed by atoms with Crippen LogP contribution in [0, 0.1) is 0 Å². The molecule has 2 amide bonds. The molecule has 0 aliphatic carbocycles. The molecule has 5 nitrogen and oxygen atoms in total. The van der Waals surface area contributed by atoms with Crippen molar-refractivity contribution in [3.63, 3.8) is 0 Å². The minimum absolute atomic E-state index is 0.262. The Hall–Kier alpha value is -1.01. The summed E-state index contributed by atoms with van der Waals surface area (Å²) in [5, 5.41) is 6.48. The van der Waals surface area contributed by atoms with Crippen molar-refractivity contribution in [1.29, 1.82) is 0 Å². The van der Waals surface area contributed by atoms with E-state index < -0.39 is 0 Å². The van der Waals surface area contributed by atoms with E-state index in [0.717, 1.165) is 32.8 Å². The van der Waals surface area contributed by atoms with Crippen LogP contribution >= 0.6 is 23.2 Å². The lowest BCUT2D eigenvalue weighted by molar-refractivity contribution is -0.906. The molecule has 0 aromatic heterocycles. The molecule has 2 rings (SSSR count). The Balaban J connectivity index is 1.72. The van der Waals surface area contributed by atoms with Crippen LogP contribution in [0.1, 0.15) is 0 Å². The number of quaternary nitrogens is 1. The van der Waals surface area contributed by atoms with Crippen molar-refractivity contribution in [1.82, 2.24) is 5.32 Å². The topological polar surface area (TPSA) is 54.8 Å². The van der Waals surface area contributed by atoms with Gasteiger partial charge < -0.3 is 20.3 Å². The van der Waals surface area contributed by atoms with Gasteiger partial charge in [-0.25, -0.2) is 4.79 Å². The quantitative estimate of drug-likeness (QED) is 0.776. The number of carbonyl (C=O) groups is 1. The molecule has 0 atom stereocenters. The molecule has 0 unspecified atom stereocenters. The lowest BCUT2D eigenvalue weighted by Crippen LogP contribution is -3.14. The largest absolute Gasteiger partial charge is 0.370 e. The number of hydrogen-bond acceptors (Lipinski definition) is 2. The maximum atomic E-state index is 11.7. The predicted molar refractivity (Wildman–Crippen MR) is 79.9 cm³/mol. The summed E-state index contributed by atoms with van der Waals surface area (Å²) in [5.41, 5.74) is 0.548. The summed E-state index contributed by atoms with van der Waals surface area (Å²) in [7, 11) is 0. The van der Waals surface area contributed by atoms with Crippen LogP contribution in [-0.4, -0.2) is 45.4 Å². The van der Waals surface area contributed by atoms with Gasteiger partial charge in [-0.2, -0.15) is 0 Å². The van der Waals surface area contributed by atoms with Gasteiger partial charge in [0.25, 0.3) is 0 Å². The van der Waals surface area contributed by atoms with Gasteiger partial charge in [-0.15, -0.1) is 0 Å². The van der Waals surface area contributed by atoms with Gasteiger partial charge in [-0.05, 0) is 18.2 Å². The Bertz CT molecular complexity index is 465. The SMILES string of the molecule is O=C(NCC[NH+]1CCOCC1)Nc1ccc(Cl)cc1Cl. The number of anilines is 1. The van der Waals surface area contributed by atoms with Gasteiger partial charge in [0.15, 0.2) is 0 Å². The first-order valence-corrected chi connectivity index (χ1v) is 7.32. The number of halogens is 2. The molecule has 1 heterocycles. The highest BCUT2D eigenvalue weighted by molar-refractivity contribution is 6.36. The maximum absolute atomic E-state index is 11.7. The molecule has 1 fully saturated rings. The average molecular weight is 319 g/mol. The molecular formula is C13H18Cl2N3O2+. The smallest absolute Gasteiger partial charge is 0.319 e. The fourth-order valence-electron chi connectivity index (χ4n) is 2.02. The summed E-state index contributed by atoms with van der Waals surface area (Å²) < 4.78 is 5.28. The number of ether oxygens (including phenoxy) is 1. The Morgan fingerprint density at radius 3 is 2.75 bits per heavy atom. The molecule has 0 bridgehead atoms. The van der Waals surface area contributed by atoms with Gasteiger partial charge in [0.05, 0.1) is 37.0 Å². The third kappa shape index (κ3) is 4.83. The predicted octanol–water partition coefficient (Wildman–Crippen LogP) is 1.03. The van der Waals surface area contributed by atoms with E-state index in [1.165, 1.54) is 4.90 Å². The van der Waals surface area contributed by atoms with Crippen LogP contribution in [0.4, 0.5) is 10.5 Å². The van der Waals surface area contributed by atoms with Gasteiger partial charge in [-0.1, -0.05) is 23.2 Å². The summed E-state index contributed by atoms with van der Waals surface area (Å²) in [6.45, 7) is 5.08. The second-order valence-electron chi connectivity index (χ2n) is 4.62. The number of urea groups is 1. The van der Waals surface area contributed by atoms with Gasteiger partial charge in [0, 0.05) is 5.02 Å². The monoisotopic (exact) mass is 318 g/mol. The van der Waals surface area contributed by atoms with Gasteiger partial charge in [-0.3, -0.25) is 0 Å². The molecule has 1 aliphatic heterocycles. The van der Waals surface area contributed by atoms with E-state index in [2.05, 4.69) is 10.6 Å². The first kappa shape index (κ1) is 15.4. The van der Waals surface area contributed by atoms with Crippen LogP contribution in [0.2, 0.25) is 10.0 Å². The second-order valence-corrected chi connectivity index (χ2v) is 5.46. The van der Waals surface area contributed by atoms with Gasteiger partial charge in [0.1, 0.15) is 13.1 Å². The zero-order valence-corrected chi connectivity index (χ0v) is 12.6. The van der Waals surface area contributed by atoms with E-state index in [0.29, 0.717) is 22.3 Å². The summed E-state index contributed by atoms with van der Waals surface area (Å²) in [5.74, 6) is 0. The standard InChI is InChI=1S/C13H17Cl2N3O2/c14-10-1-2-12(11(15)9-10)17-13(19)16-3-4-18-5-7-20-8-6-18/h1-2,9H,3-8H2,(H2,16,17,19)/p+1. The number of nitrogens with one attached hydrogen (secondary N) is 3. The molecule has 0 radical (unpaired) electrons. The number of benzene rings is 1. The number of carbonyl (C=O) groups excluding carboxylic acids is 1. The molecule has 110 valence electrons. The highest BCUT2D eigenvalue weighted by atomic mass is 35.5. The van der Waals surface area contributed by atoms with Crippen molar-refractivity contribution in [3.05, 3.63) is 28.2 Å². The minimum Gasteiger partial charge on any atom is -0.370 e. The van der Waals surface area contributed by atoms with Gasteiger partial charge in [0.2, 0.25) is 0 Å². The van der Waals surface area contributed by atoms with E-state index in [4.69, 9.17) is 27.9 Å². The van der Waals surface area contributed by atoms with E-state index in [-0.39, 0.29) is 6.03 Å². The van der Waals surface area contributed by atoms with Crippen LogP contribution in [-0.2, 0) is 4.74 Å². The van der Waals surface area contributed by atoms with E-state index >= 15 is 0 Å². The molecule has 0 saturated carbocycles. The van der Waals surface area contributed by atoms with E-state index in [9.17, 15) is 4.79 Å². The molecule has 0 spiro atoms. The number of morpholine rings is 1. The normalized spacial score (nSPS) is 15.9. The van der Waals surface area contributed by atoms with E-state index in [1.807, 2.05) is 0 Å². The number of rotatable bonds is 4. The summed E-state index contributed by atoms with van der Waals surface area (Å²) in [6, 6.07) is 4.69. The Morgan fingerprint density at radius 1 is 1.30 bits per heavy atom. The first-order chi connectivity index (χ1) is 9.65. The Labute approximate surface area is 128 Å². The summed E-state index contributed by atoms with van der Waals surface area (Å²) in [6.07, 6.45) is 0. The van der Waals surface area contributed by atoms with Gasteiger partial charge >= 0.3 is 6.03 Å². The lowest BCUT2D eigenvalue weighted by atomic mass is 10.3. The van der Waals surface area contributed by atoms with Crippen molar-refractivity contribution in [2.45, 2.75) is 0 Å². The van der Waals surface area contributed by atoms with Crippen LogP contribution in [0.25, 0.3) is 0 Å². The third-order valence-corrected chi connectivity index (χ3v) is 3.69. The molecule has 20 heavy (non-hydrogen) atoms. The number of hydrogen-bond donors (Lipinski definition) is 3. The summed E-state index contributed by atoms with van der Waals surface area (Å²) in [4.78, 5) is 13.2. The molecule has 1 aliphatic rings. The molecule has 1 saturated heterocycles. The van der Waals surface area contributed by atoms with Crippen molar-refractivity contribution < 1.29 is 14.4 Å². The van der Waals surface area contributed by atoms with E-state index in [1.54, 1.807) is 18.2 Å². The van der Waals surface area contributed by atoms with Crippen molar-refractivity contribution in [3.8, 4) is 0 Å². The molecule has 1 aromatic carbocycles. The van der Waals surface area contributed by atoms with Crippen LogP contribution in [0.15, 0.2) is 18.2 Å². The average Bonchev–Trinajstić information content (AvgIpc) is 2.43. The van der Waals surface area contributed by atoms with Crippen LogP contribution < -0.4 is 15.5 Å². The maximum Gasteiger partial charge on any atom is 0.319 e. The Morgan fingerprint density at radius 2 is 2.05 bits per heavy atom.